The highest BCUT2D eigenvalue weighted by Gasteiger charge is 2.08. The topological polar surface area (TPSA) is 140 Å². The van der Waals surface area contributed by atoms with Gasteiger partial charge in [-0.1, -0.05) is 17.7 Å². The molecule has 0 saturated carbocycles. The average molecular weight is 572 g/mol. The number of rotatable bonds is 20. The van der Waals surface area contributed by atoms with Crippen LogP contribution in [-0.4, -0.2) is 63.5 Å². The Labute approximate surface area is 241 Å². The number of ether oxygens (including phenoxy) is 5. The van der Waals surface area contributed by atoms with Gasteiger partial charge in [-0.25, -0.2) is 9.59 Å². The lowest BCUT2D eigenvalue weighted by Gasteiger charge is -2.08. The van der Waals surface area contributed by atoms with E-state index in [1.165, 1.54) is 0 Å². The van der Waals surface area contributed by atoms with Crippen molar-refractivity contribution in [2.75, 3.05) is 45.4 Å². The zero-order valence-corrected chi connectivity index (χ0v) is 23.8. The van der Waals surface area contributed by atoms with Crippen molar-refractivity contribution in [3.8, 4) is 0 Å². The zero-order valence-electron chi connectivity index (χ0n) is 23.8. The summed E-state index contributed by atoms with van der Waals surface area (Å²) in [7, 11) is 0. The van der Waals surface area contributed by atoms with Crippen LogP contribution in [0.1, 0.15) is 77.6 Å². The summed E-state index contributed by atoms with van der Waals surface area (Å²) in [5.74, 6) is -1.37. The first kappa shape index (κ1) is 33.3. The molecule has 0 amide bonds. The van der Waals surface area contributed by atoms with Crippen molar-refractivity contribution in [2.45, 2.75) is 58.3 Å². The molecule has 10 nitrogen and oxygen atoms in total. The van der Waals surface area contributed by atoms with E-state index in [4.69, 9.17) is 29.4 Å². The summed E-state index contributed by atoms with van der Waals surface area (Å²) in [6.45, 7) is 3.23. The van der Waals surface area contributed by atoms with Gasteiger partial charge in [0.2, 0.25) is 0 Å². The molecule has 2 N–H and O–H groups in total. The molecule has 10 heteroatoms. The number of hydrogen-bond donors (Lipinski definition) is 1. The number of anilines is 1. The minimum atomic E-state index is -0.398. The highest BCUT2D eigenvalue weighted by atomic mass is 16.6. The van der Waals surface area contributed by atoms with Crippen LogP contribution >= 0.6 is 0 Å². The maximum Gasteiger partial charge on any atom is 0.338 e. The predicted molar refractivity (Wildman–Crippen MR) is 152 cm³/mol. The number of unbranched alkanes of at least 4 members (excludes halogenated alkanes) is 4. The van der Waals surface area contributed by atoms with Crippen LogP contribution in [-0.2, 0) is 33.3 Å². The maximum atomic E-state index is 11.9. The molecule has 0 heterocycles. The van der Waals surface area contributed by atoms with E-state index in [2.05, 4.69) is 0 Å². The van der Waals surface area contributed by atoms with Crippen LogP contribution in [0.3, 0.4) is 0 Å². The van der Waals surface area contributed by atoms with E-state index in [1.807, 2.05) is 19.1 Å². The molecular weight excluding hydrogens is 530 g/mol. The van der Waals surface area contributed by atoms with Crippen LogP contribution in [0, 0.1) is 6.92 Å². The SMILES string of the molecule is Cc1ccc(C(=O)OCCCCCC(=O)OCCOCCOC(=O)CCCCCOC(=O)c2ccc(N)cc2)cc1. The second kappa shape index (κ2) is 20.0. The molecule has 0 aliphatic heterocycles. The van der Waals surface area contributed by atoms with E-state index in [9.17, 15) is 19.2 Å². The van der Waals surface area contributed by atoms with E-state index >= 15 is 0 Å². The fraction of sp³-hybridized carbons (Fsp3) is 0.484. The van der Waals surface area contributed by atoms with Crippen LogP contribution in [0.5, 0.6) is 0 Å². The zero-order chi connectivity index (χ0) is 29.7. The Morgan fingerprint density at radius 3 is 1.44 bits per heavy atom. The van der Waals surface area contributed by atoms with Crippen molar-refractivity contribution in [1.82, 2.24) is 0 Å². The maximum absolute atomic E-state index is 11.9. The van der Waals surface area contributed by atoms with Gasteiger partial charge in [0.15, 0.2) is 0 Å². The number of esters is 4. The largest absolute Gasteiger partial charge is 0.463 e. The van der Waals surface area contributed by atoms with E-state index in [0.717, 1.165) is 18.4 Å². The molecule has 0 radical (unpaired) electrons. The van der Waals surface area contributed by atoms with Gasteiger partial charge in [-0.2, -0.15) is 0 Å². The van der Waals surface area contributed by atoms with E-state index in [-0.39, 0.29) is 63.8 Å². The first-order valence-electron chi connectivity index (χ1n) is 14.0. The van der Waals surface area contributed by atoms with Crippen LogP contribution in [0.25, 0.3) is 0 Å². The third-order valence-corrected chi connectivity index (χ3v) is 5.93. The van der Waals surface area contributed by atoms with Gasteiger partial charge in [0.1, 0.15) is 13.2 Å². The summed E-state index contributed by atoms with van der Waals surface area (Å²) in [5, 5.41) is 0. The quantitative estimate of drug-likeness (QED) is 0.102. The van der Waals surface area contributed by atoms with Crippen molar-refractivity contribution in [3.63, 3.8) is 0 Å². The molecule has 0 atom stereocenters. The molecule has 41 heavy (non-hydrogen) atoms. The van der Waals surface area contributed by atoms with Crippen LogP contribution in [0.4, 0.5) is 5.69 Å². The number of nitrogens with two attached hydrogens (primary N) is 1. The second-order valence-corrected chi connectivity index (χ2v) is 9.43. The molecule has 0 saturated heterocycles. The summed E-state index contributed by atoms with van der Waals surface area (Å²) >= 11 is 0. The first-order chi connectivity index (χ1) is 19.8. The molecule has 0 fully saturated rings. The number of carbonyl (C=O) groups excluding carboxylic acids is 4. The van der Waals surface area contributed by atoms with Crippen molar-refractivity contribution >= 4 is 29.6 Å². The molecule has 0 aliphatic rings. The monoisotopic (exact) mass is 571 g/mol. The lowest BCUT2D eigenvalue weighted by Crippen LogP contribution is -2.14. The minimum absolute atomic E-state index is 0.125. The third-order valence-electron chi connectivity index (χ3n) is 5.93. The highest BCUT2D eigenvalue weighted by Crippen LogP contribution is 2.09. The lowest BCUT2D eigenvalue weighted by molar-refractivity contribution is -0.146. The van der Waals surface area contributed by atoms with Gasteiger partial charge in [0, 0.05) is 18.5 Å². The van der Waals surface area contributed by atoms with Crippen molar-refractivity contribution in [2.24, 2.45) is 0 Å². The number of hydrogen-bond acceptors (Lipinski definition) is 10. The summed E-state index contributed by atoms with van der Waals surface area (Å²) in [5.41, 5.74) is 8.23. The molecule has 2 rings (SSSR count). The van der Waals surface area contributed by atoms with Gasteiger partial charge in [-0.15, -0.1) is 0 Å². The molecule has 0 aromatic heterocycles. The van der Waals surface area contributed by atoms with Gasteiger partial charge in [-0.3, -0.25) is 9.59 Å². The Balaban J connectivity index is 1.33. The van der Waals surface area contributed by atoms with Gasteiger partial charge in [-0.05, 0) is 81.8 Å². The van der Waals surface area contributed by atoms with Gasteiger partial charge in [0.25, 0.3) is 0 Å². The number of carbonyl (C=O) groups is 4. The number of nitrogen functional groups attached to an aromatic ring is 1. The molecule has 2 aromatic carbocycles. The molecule has 0 bridgehead atoms. The summed E-state index contributed by atoms with van der Waals surface area (Å²) in [6.07, 6.45) is 4.64. The Morgan fingerprint density at radius 2 is 0.976 bits per heavy atom. The molecule has 224 valence electrons. The molecule has 2 aromatic rings. The average Bonchev–Trinajstić information content (AvgIpc) is 2.96. The highest BCUT2D eigenvalue weighted by molar-refractivity contribution is 5.90. The van der Waals surface area contributed by atoms with Crippen LogP contribution in [0.2, 0.25) is 0 Å². The normalized spacial score (nSPS) is 10.6. The molecule has 0 spiro atoms. The van der Waals surface area contributed by atoms with Crippen LogP contribution in [0.15, 0.2) is 48.5 Å². The number of aryl methyl sites for hydroxylation is 1. The van der Waals surface area contributed by atoms with Crippen molar-refractivity contribution in [1.29, 1.82) is 0 Å². The van der Waals surface area contributed by atoms with Crippen LogP contribution < -0.4 is 5.73 Å². The standard InChI is InChI=1S/C31H41NO9/c1-24-10-12-25(13-11-24)30(35)40-18-6-2-4-8-28(33)38-22-20-37-21-23-39-29(34)9-5-3-7-19-41-31(36)26-14-16-27(32)17-15-26/h10-17H,2-9,18-23,32H2,1H3. The Morgan fingerprint density at radius 1 is 0.537 bits per heavy atom. The summed E-state index contributed by atoms with van der Waals surface area (Å²) in [4.78, 5) is 47.4. The third kappa shape index (κ3) is 15.4. The molecular formula is C31H41NO9. The van der Waals surface area contributed by atoms with Gasteiger partial charge < -0.3 is 29.4 Å². The Bertz CT molecular complexity index is 983. The van der Waals surface area contributed by atoms with E-state index in [0.29, 0.717) is 49.1 Å². The minimum Gasteiger partial charge on any atom is -0.463 e. The summed E-state index contributed by atoms with van der Waals surface area (Å²) in [6, 6.07) is 13.7. The van der Waals surface area contributed by atoms with E-state index in [1.54, 1.807) is 36.4 Å². The van der Waals surface area contributed by atoms with Gasteiger partial charge >= 0.3 is 23.9 Å². The Kier molecular flexibility index (Phi) is 16.3. The van der Waals surface area contributed by atoms with Crippen molar-refractivity contribution in [3.05, 3.63) is 65.2 Å². The second-order valence-electron chi connectivity index (χ2n) is 9.43. The summed E-state index contributed by atoms with van der Waals surface area (Å²) < 4.78 is 26.0. The lowest BCUT2D eigenvalue weighted by atomic mass is 10.1. The first-order valence-corrected chi connectivity index (χ1v) is 14.0. The fourth-order valence-corrected chi connectivity index (χ4v) is 3.58. The van der Waals surface area contributed by atoms with Gasteiger partial charge in [0.05, 0.1) is 37.6 Å². The fourth-order valence-electron chi connectivity index (χ4n) is 3.58. The number of benzene rings is 2. The molecule has 0 unspecified atom stereocenters. The smallest absolute Gasteiger partial charge is 0.338 e. The van der Waals surface area contributed by atoms with Crippen molar-refractivity contribution < 1.29 is 42.9 Å². The molecule has 0 aliphatic carbocycles. The Hall–Kier alpha value is -3.92. The van der Waals surface area contributed by atoms with E-state index < -0.39 is 5.97 Å². The predicted octanol–water partition coefficient (Wildman–Crippen LogP) is 4.81.